The summed E-state index contributed by atoms with van der Waals surface area (Å²) < 4.78 is 52.4. The van der Waals surface area contributed by atoms with Crippen LogP contribution in [-0.2, 0) is 10.0 Å². The number of benzene rings is 3. The maximum atomic E-state index is 13.3. The molecule has 1 aromatic heterocycles. The van der Waals surface area contributed by atoms with Crippen molar-refractivity contribution in [3.63, 3.8) is 0 Å². The fraction of sp³-hybridized carbons (Fsp3) is 0.0870. The predicted molar refractivity (Wildman–Crippen MR) is 133 cm³/mol. The molecule has 35 heavy (non-hydrogen) atoms. The minimum absolute atomic E-state index is 0.0549. The van der Waals surface area contributed by atoms with E-state index >= 15 is 0 Å². The van der Waals surface area contributed by atoms with Crippen LogP contribution in [0.5, 0.6) is 11.5 Å². The van der Waals surface area contributed by atoms with Crippen LogP contribution in [0.15, 0.2) is 81.9 Å². The standard InChI is InChI=1S/C23H20FN5O4S2/c1-32-19-6-4-3-5-17(19)29-35(30,31)16-11-12-20(33-2)18(13-16)27-28-22-21(26-23(25)34-22)14-7-9-15(24)10-8-14/h3-13,29H,1-2H3,(H2,25,26). The summed E-state index contributed by atoms with van der Waals surface area (Å²) in [7, 11) is -1.10. The molecule has 0 aliphatic heterocycles. The van der Waals surface area contributed by atoms with Gasteiger partial charge in [-0.3, -0.25) is 4.72 Å². The van der Waals surface area contributed by atoms with Crippen LogP contribution in [0.4, 0.5) is 25.9 Å². The zero-order chi connectivity index (χ0) is 25.0. The third kappa shape index (κ3) is 5.39. The number of anilines is 2. The van der Waals surface area contributed by atoms with Crippen molar-refractivity contribution in [2.24, 2.45) is 10.2 Å². The number of nitrogen functional groups attached to an aromatic ring is 1. The third-order valence-electron chi connectivity index (χ3n) is 4.80. The van der Waals surface area contributed by atoms with Crippen molar-refractivity contribution in [2.75, 3.05) is 24.7 Å². The molecule has 0 fully saturated rings. The maximum Gasteiger partial charge on any atom is 0.262 e. The Labute approximate surface area is 205 Å². The van der Waals surface area contributed by atoms with Crippen LogP contribution in [0, 0.1) is 5.82 Å². The first-order valence-electron chi connectivity index (χ1n) is 10.1. The summed E-state index contributed by atoms with van der Waals surface area (Å²) >= 11 is 1.09. The van der Waals surface area contributed by atoms with Crippen LogP contribution < -0.4 is 19.9 Å². The Morgan fingerprint density at radius 3 is 2.40 bits per heavy atom. The number of methoxy groups -OCH3 is 2. The van der Waals surface area contributed by atoms with Gasteiger partial charge in [-0.15, -0.1) is 10.2 Å². The van der Waals surface area contributed by atoms with Crippen molar-refractivity contribution in [3.05, 3.63) is 72.5 Å². The van der Waals surface area contributed by atoms with E-state index in [0.29, 0.717) is 27.8 Å². The number of aromatic nitrogens is 1. The van der Waals surface area contributed by atoms with Crippen molar-refractivity contribution >= 4 is 42.9 Å². The molecule has 180 valence electrons. The lowest BCUT2D eigenvalue weighted by atomic mass is 10.1. The van der Waals surface area contributed by atoms with Gasteiger partial charge in [0.1, 0.15) is 28.7 Å². The molecule has 0 radical (unpaired) electrons. The minimum atomic E-state index is -3.98. The number of azo groups is 1. The van der Waals surface area contributed by atoms with Gasteiger partial charge in [0.2, 0.25) is 0 Å². The summed E-state index contributed by atoms with van der Waals surface area (Å²) in [6.07, 6.45) is 0. The van der Waals surface area contributed by atoms with Crippen LogP contribution in [0.25, 0.3) is 11.3 Å². The SMILES string of the molecule is COc1ccc(S(=O)(=O)Nc2ccccc2OC)cc1N=Nc1sc(N)nc1-c1ccc(F)cc1. The molecule has 0 atom stereocenters. The first kappa shape index (κ1) is 24.1. The van der Waals surface area contributed by atoms with Gasteiger partial charge in [0.05, 0.1) is 24.8 Å². The van der Waals surface area contributed by atoms with E-state index in [1.54, 1.807) is 36.4 Å². The predicted octanol–water partition coefficient (Wildman–Crippen LogP) is 5.76. The molecule has 0 aliphatic rings. The second kappa shape index (κ2) is 10.1. The van der Waals surface area contributed by atoms with E-state index in [4.69, 9.17) is 15.2 Å². The second-order valence-corrected chi connectivity index (χ2v) is 9.74. The van der Waals surface area contributed by atoms with Gasteiger partial charge in [-0.2, -0.15) is 0 Å². The van der Waals surface area contributed by atoms with E-state index < -0.39 is 10.0 Å². The van der Waals surface area contributed by atoms with Crippen molar-refractivity contribution in [3.8, 4) is 22.8 Å². The highest BCUT2D eigenvalue weighted by Crippen LogP contribution is 2.39. The lowest BCUT2D eigenvalue weighted by Gasteiger charge is -2.12. The van der Waals surface area contributed by atoms with E-state index in [0.717, 1.165) is 11.3 Å². The van der Waals surface area contributed by atoms with Gasteiger partial charge in [-0.1, -0.05) is 23.5 Å². The highest BCUT2D eigenvalue weighted by Gasteiger charge is 2.19. The quantitative estimate of drug-likeness (QED) is 0.288. The average Bonchev–Trinajstić information content (AvgIpc) is 3.23. The summed E-state index contributed by atoms with van der Waals surface area (Å²) in [6, 6.07) is 16.6. The molecule has 0 unspecified atom stereocenters. The molecule has 12 heteroatoms. The first-order valence-corrected chi connectivity index (χ1v) is 12.4. The fourth-order valence-electron chi connectivity index (χ4n) is 3.14. The van der Waals surface area contributed by atoms with Crippen LogP contribution >= 0.6 is 11.3 Å². The summed E-state index contributed by atoms with van der Waals surface area (Å²) in [5.74, 6) is 0.302. The van der Waals surface area contributed by atoms with E-state index in [-0.39, 0.29) is 27.2 Å². The molecule has 0 bridgehead atoms. The molecule has 9 nitrogen and oxygen atoms in total. The third-order valence-corrected chi connectivity index (χ3v) is 6.94. The van der Waals surface area contributed by atoms with E-state index in [1.165, 1.54) is 44.6 Å². The lowest BCUT2D eigenvalue weighted by Crippen LogP contribution is -2.13. The zero-order valence-electron chi connectivity index (χ0n) is 18.6. The number of halogens is 1. The van der Waals surface area contributed by atoms with Crippen LogP contribution in [0.2, 0.25) is 0 Å². The monoisotopic (exact) mass is 513 g/mol. The van der Waals surface area contributed by atoms with Gasteiger partial charge in [0.25, 0.3) is 10.0 Å². The number of hydrogen-bond donors (Lipinski definition) is 2. The number of sulfonamides is 1. The normalized spacial score (nSPS) is 11.5. The number of rotatable bonds is 8. The number of para-hydroxylation sites is 2. The average molecular weight is 514 g/mol. The molecule has 1 heterocycles. The number of nitrogens with zero attached hydrogens (tertiary/aromatic N) is 3. The van der Waals surface area contributed by atoms with Gasteiger partial charge >= 0.3 is 0 Å². The van der Waals surface area contributed by atoms with Crippen LogP contribution in [0.3, 0.4) is 0 Å². The number of nitrogens with two attached hydrogens (primary N) is 1. The van der Waals surface area contributed by atoms with Gasteiger partial charge in [-0.05, 0) is 54.6 Å². The number of ether oxygens (including phenoxy) is 2. The Bertz CT molecular complexity index is 1490. The fourth-order valence-corrected chi connectivity index (χ4v) is 4.91. The molecule has 0 spiro atoms. The summed E-state index contributed by atoms with van der Waals surface area (Å²) in [5.41, 5.74) is 7.36. The Hall–Kier alpha value is -4.03. The van der Waals surface area contributed by atoms with Crippen LogP contribution in [0.1, 0.15) is 0 Å². The topological polar surface area (TPSA) is 128 Å². The molecule has 0 amide bonds. The smallest absolute Gasteiger partial charge is 0.262 e. The highest BCUT2D eigenvalue weighted by atomic mass is 32.2. The molecule has 4 aromatic rings. The van der Waals surface area contributed by atoms with Gasteiger partial charge < -0.3 is 15.2 Å². The summed E-state index contributed by atoms with van der Waals surface area (Å²) in [4.78, 5) is 4.20. The number of nitrogens with one attached hydrogen (secondary N) is 1. The molecule has 0 saturated carbocycles. The summed E-state index contributed by atoms with van der Waals surface area (Å²) in [6.45, 7) is 0. The molecule has 0 saturated heterocycles. The van der Waals surface area contributed by atoms with E-state index in [9.17, 15) is 12.8 Å². The molecule has 4 rings (SSSR count). The molecule has 0 aliphatic carbocycles. The molecule has 3 N–H and O–H groups in total. The number of thiazole rings is 1. The Balaban J connectivity index is 1.68. The van der Waals surface area contributed by atoms with Crippen molar-refractivity contribution in [1.82, 2.24) is 4.98 Å². The van der Waals surface area contributed by atoms with Gasteiger partial charge in [0, 0.05) is 5.56 Å². The Kier molecular flexibility index (Phi) is 6.94. The van der Waals surface area contributed by atoms with Crippen molar-refractivity contribution in [2.45, 2.75) is 4.90 Å². The second-order valence-electron chi connectivity index (χ2n) is 7.05. The largest absolute Gasteiger partial charge is 0.495 e. The Morgan fingerprint density at radius 1 is 0.971 bits per heavy atom. The highest BCUT2D eigenvalue weighted by molar-refractivity contribution is 7.92. The van der Waals surface area contributed by atoms with Gasteiger partial charge in [0.15, 0.2) is 10.1 Å². The van der Waals surface area contributed by atoms with Crippen LogP contribution in [-0.4, -0.2) is 27.6 Å². The first-order chi connectivity index (χ1) is 16.8. The van der Waals surface area contributed by atoms with Gasteiger partial charge in [-0.25, -0.2) is 17.8 Å². The van der Waals surface area contributed by atoms with Crippen molar-refractivity contribution in [1.29, 1.82) is 0 Å². The lowest BCUT2D eigenvalue weighted by molar-refractivity contribution is 0.415. The number of hydrogen-bond acceptors (Lipinski definition) is 9. The van der Waals surface area contributed by atoms with E-state index in [1.807, 2.05) is 0 Å². The Morgan fingerprint density at radius 2 is 1.69 bits per heavy atom. The zero-order valence-corrected chi connectivity index (χ0v) is 20.2. The maximum absolute atomic E-state index is 13.3. The minimum Gasteiger partial charge on any atom is -0.495 e. The van der Waals surface area contributed by atoms with Crippen molar-refractivity contribution < 1.29 is 22.3 Å². The molecule has 3 aromatic carbocycles. The van der Waals surface area contributed by atoms with E-state index in [2.05, 4.69) is 19.9 Å². The molecular formula is C23H20FN5O4S2. The summed E-state index contributed by atoms with van der Waals surface area (Å²) in [5, 5.41) is 9.06. The molecular weight excluding hydrogens is 493 g/mol.